The maximum absolute atomic E-state index is 12.8. The molecule has 2 saturated heterocycles. The summed E-state index contributed by atoms with van der Waals surface area (Å²) in [6.07, 6.45) is 0.433. The SMILES string of the molecule is Cc1cc2c(cc1NC(=O)N1CCCN([C@@H]3COC[C@H]3O)CC1)OCCO2. The van der Waals surface area contributed by atoms with Crippen molar-refractivity contribution in [3.63, 3.8) is 0 Å². The predicted molar refractivity (Wildman–Crippen MR) is 99.6 cm³/mol. The first-order valence-electron chi connectivity index (χ1n) is 9.58. The van der Waals surface area contributed by atoms with Gasteiger partial charge in [0, 0.05) is 37.9 Å². The van der Waals surface area contributed by atoms with Gasteiger partial charge >= 0.3 is 6.03 Å². The lowest BCUT2D eigenvalue weighted by Gasteiger charge is -2.28. The summed E-state index contributed by atoms with van der Waals surface area (Å²) in [7, 11) is 0. The van der Waals surface area contributed by atoms with Gasteiger partial charge in [0.25, 0.3) is 0 Å². The zero-order chi connectivity index (χ0) is 18.8. The second kappa shape index (κ2) is 7.92. The van der Waals surface area contributed by atoms with E-state index < -0.39 is 6.10 Å². The van der Waals surface area contributed by atoms with Gasteiger partial charge in [0.15, 0.2) is 11.5 Å². The van der Waals surface area contributed by atoms with Crippen LogP contribution in [0.4, 0.5) is 10.5 Å². The minimum atomic E-state index is -0.439. The Morgan fingerprint density at radius 2 is 1.89 bits per heavy atom. The first kappa shape index (κ1) is 18.3. The second-order valence-electron chi connectivity index (χ2n) is 7.29. The number of fused-ring (bicyclic) bond motifs is 1. The number of carbonyl (C=O) groups excluding carboxylic acids is 1. The molecule has 1 aromatic rings. The summed E-state index contributed by atoms with van der Waals surface area (Å²) < 4.78 is 16.6. The molecule has 27 heavy (non-hydrogen) atoms. The molecule has 3 aliphatic rings. The molecule has 0 aromatic heterocycles. The maximum atomic E-state index is 12.8. The van der Waals surface area contributed by atoms with E-state index in [2.05, 4.69) is 10.2 Å². The van der Waals surface area contributed by atoms with Crippen LogP contribution in [0, 0.1) is 6.92 Å². The van der Waals surface area contributed by atoms with Crippen molar-refractivity contribution in [2.24, 2.45) is 0 Å². The quantitative estimate of drug-likeness (QED) is 0.802. The molecular formula is C19H27N3O5. The molecular weight excluding hydrogens is 350 g/mol. The van der Waals surface area contributed by atoms with Crippen molar-refractivity contribution in [3.05, 3.63) is 17.7 Å². The van der Waals surface area contributed by atoms with Gasteiger partial charge < -0.3 is 29.5 Å². The van der Waals surface area contributed by atoms with Crippen LogP contribution in [0.25, 0.3) is 0 Å². The third kappa shape index (κ3) is 3.97. The largest absolute Gasteiger partial charge is 0.486 e. The van der Waals surface area contributed by atoms with Crippen LogP contribution in [-0.4, -0.2) is 85.7 Å². The van der Waals surface area contributed by atoms with Crippen molar-refractivity contribution in [2.45, 2.75) is 25.5 Å². The van der Waals surface area contributed by atoms with E-state index in [0.717, 1.165) is 36.5 Å². The van der Waals surface area contributed by atoms with Crippen LogP contribution in [0.15, 0.2) is 12.1 Å². The molecule has 0 aliphatic carbocycles. The Hall–Kier alpha value is -2.03. The number of urea groups is 1. The third-order valence-corrected chi connectivity index (χ3v) is 5.44. The van der Waals surface area contributed by atoms with Gasteiger partial charge in [-0.1, -0.05) is 0 Å². The van der Waals surface area contributed by atoms with Crippen molar-refractivity contribution >= 4 is 11.7 Å². The van der Waals surface area contributed by atoms with E-state index in [0.29, 0.717) is 45.3 Å². The number of ether oxygens (including phenoxy) is 3. The number of benzene rings is 1. The number of aliphatic hydroxyl groups is 1. The van der Waals surface area contributed by atoms with Gasteiger partial charge in [-0.2, -0.15) is 0 Å². The zero-order valence-electron chi connectivity index (χ0n) is 15.6. The first-order valence-corrected chi connectivity index (χ1v) is 9.58. The highest BCUT2D eigenvalue weighted by molar-refractivity contribution is 5.90. The molecule has 2 fully saturated rings. The van der Waals surface area contributed by atoms with E-state index >= 15 is 0 Å². The highest BCUT2D eigenvalue weighted by atomic mass is 16.6. The van der Waals surface area contributed by atoms with Gasteiger partial charge in [-0.3, -0.25) is 4.90 Å². The molecule has 0 spiro atoms. The van der Waals surface area contributed by atoms with Gasteiger partial charge in [0.2, 0.25) is 0 Å². The lowest BCUT2D eigenvalue weighted by Crippen LogP contribution is -2.45. The van der Waals surface area contributed by atoms with Gasteiger partial charge in [-0.25, -0.2) is 4.79 Å². The molecule has 2 N–H and O–H groups in total. The number of rotatable bonds is 2. The van der Waals surface area contributed by atoms with E-state index in [1.54, 1.807) is 0 Å². The van der Waals surface area contributed by atoms with Gasteiger partial charge in [0.05, 0.1) is 25.4 Å². The first-order chi connectivity index (χ1) is 13.1. The highest BCUT2D eigenvalue weighted by Crippen LogP contribution is 2.35. The van der Waals surface area contributed by atoms with Crippen LogP contribution in [0.2, 0.25) is 0 Å². The number of nitrogens with one attached hydrogen (secondary N) is 1. The standard InChI is InChI=1S/C19H27N3O5/c1-13-9-17-18(27-8-7-26-17)10-14(13)20-19(24)22-4-2-3-21(5-6-22)15-11-25-12-16(15)23/h9-10,15-16,23H,2-8,11-12H2,1H3,(H,20,24)/t15-,16-/m1/s1. The predicted octanol–water partition coefficient (Wildman–Crippen LogP) is 1.07. The molecule has 2 amide bonds. The van der Waals surface area contributed by atoms with E-state index in [-0.39, 0.29) is 12.1 Å². The number of anilines is 1. The fourth-order valence-corrected chi connectivity index (χ4v) is 3.87. The Bertz CT molecular complexity index is 698. The summed E-state index contributed by atoms with van der Waals surface area (Å²) in [5.41, 5.74) is 1.68. The average Bonchev–Trinajstić information content (AvgIpc) is 2.94. The van der Waals surface area contributed by atoms with Crippen molar-refractivity contribution in [1.29, 1.82) is 0 Å². The normalized spacial score (nSPS) is 25.9. The van der Waals surface area contributed by atoms with Crippen LogP contribution in [0.1, 0.15) is 12.0 Å². The summed E-state index contributed by atoms with van der Waals surface area (Å²) in [5, 5.41) is 13.1. The molecule has 4 rings (SSSR count). The number of carbonyl (C=O) groups is 1. The van der Waals surface area contributed by atoms with E-state index in [9.17, 15) is 9.90 Å². The Morgan fingerprint density at radius 3 is 2.63 bits per heavy atom. The fourth-order valence-electron chi connectivity index (χ4n) is 3.87. The number of aryl methyl sites for hydroxylation is 1. The molecule has 8 heteroatoms. The topological polar surface area (TPSA) is 83.5 Å². The summed E-state index contributed by atoms with van der Waals surface area (Å²) in [5.74, 6) is 1.39. The van der Waals surface area contributed by atoms with Crippen molar-refractivity contribution in [1.82, 2.24) is 9.80 Å². The van der Waals surface area contributed by atoms with Crippen LogP contribution in [0.3, 0.4) is 0 Å². The average molecular weight is 377 g/mol. The summed E-state index contributed by atoms with van der Waals surface area (Å²) in [4.78, 5) is 16.9. The van der Waals surface area contributed by atoms with Gasteiger partial charge in [-0.05, 0) is 25.0 Å². The maximum Gasteiger partial charge on any atom is 0.321 e. The van der Waals surface area contributed by atoms with Crippen LogP contribution in [-0.2, 0) is 4.74 Å². The smallest absolute Gasteiger partial charge is 0.321 e. The monoisotopic (exact) mass is 377 g/mol. The molecule has 0 unspecified atom stereocenters. The van der Waals surface area contributed by atoms with E-state index in [1.807, 2.05) is 24.0 Å². The van der Waals surface area contributed by atoms with Crippen LogP contribution in [0.5, 0.6) is 11.5 Å². The Labute approximate surface area is 159 Å². The number of amides is 2. The molecule has 8 nitrogen and oxygen atoms in total. The number of aliphatic hydroxyl groups excluding tert-OH is 1. The minimum Gasteiger partial charge on any atom is -0.486 e. The Kier molecular flexibility index (Phi) is 5.38. The summed E-state index contributed by atoms with van der Waals surface area (Å²) in [6.45, 7) is 6.87. The Morgan fingerprint density at radius 1 is 1.11 bits per heavy atom. The van der Waals surface area contributed by atoms with E-state index in [1.165, 1.54) is 0 Å². The van der Waals surface area contributed by atoms with Gasteiger partial charge in [-0.15, -0.1) is 0 Å². The van der Waals surface area contributed by atoms with Crippen LogP contribution < -0.4 is 14.8 Å². The summed E-state index contributed by atoms with van der Waals surface area (Å²) >= 11 is 0. The van der Waals surface area contributed by atoms with Crippen molar-refractivity contribution < 1.29 is 24.1 Å². The second-order valence-corrected chi connectivity index (χ2v) is 7.29. The zero-order valence-corrected chi connectivity index (χ0v) is 15.6. The number of hydrogen-bond donors (Lipinski definition) is 2. The highest BCUT2D eigenvalue weighted by Gasteiger charge is 2.33. The molecule has 3 heterocycles. The number of nitrogens with zero attached hydrogens (tertiary/aromatic N) is 2. The van der Waals surface area contributed by atoms with E-state index in [4.69, 9.17) is 14.2 Å². The lowest BCUT2D eigenvalue weighted by molar-refractivity contribution is 0.0845. The number of hydrogen-bond acceptors (Lipinski definition) is 6. The van der Waals surface area contributed by atoms with Crippen LogP contribution >= 0.6 is 0 Å². The fraction of sp³-hybridized carbons (Fsp3) is 0.632. The molecule has 0 saturated carbocycles. The summed E-state index contributed by atoms with van der Waals surface area (Å²) in [6, 6.07) is 3.65. The van der Waals surface area contributed by atoms with Crippen molar-refractivity contribution in [2.75, 3.05) is 57.9 Å². The van der Waals surface area contributed by atoms with Gasteiger partial charge in [0.1, 0.15) is 13.2 Å². The molecule has 148 valence electrons. The molecule has 2 atom stereocenters. The Balaban J connectivity index is 1.38. The molecule has 0 bridgehead atoms. The molecule has 1 aromatic carbocycles. The van der Waals surface area contributed by atoms with Crippen molar-refractivity contribution in [3.8, 4) is 11.5 Å². The minimum absolute atomic E-state index is 0.0352. The lowest BCUT2D eigenvalue weighted by atomic mass is 10.1. The third-order valence-electron chi connectivity index (χ3n) is 5.44. The molecule has 3 aliphatic heterocycles. The molecule has 0 radical (unpaired) electrons.